The predicted octanol–water partition coefficient (Wildman–Crippen LogP) is 4.38. The van der Waals surface area contributed by atoms with E-state index in [4.69, 9.17) is 4.52 Å². The van der Waals surface area contributed by atoms with E-state index in [2.05, 4.69) is 5.16 Å². The van der Waals surface area contributed by atoms with Crippen molar-refractivity contribution in [2.45, 2.75) is 33.7 Å². The molecule has 0 saturated heterocycles. The number of amides is 1. The highest BCUT2D eigenvalue weighted by atomic mass is 16.5. The Bertz CT molecular complexity index is 832. The van der Waals surface area contributed by atoms with Gasteiger partial charge in [-0.3, -0.25) is 4.79 Å². The van der Waals surface area contributed by atoms with E-state index in [-0.39, 0.29) is 12.3 Å². The van der Waals surface area contributed by atoms with Crippen molar-refractivity contribution in [1.29, 1.82) is 0 Å². The monoisotopic (exact) mass is 334 g/mol. The Labute approximate surface area is 148 Å². The van der Waals surface area contributed by atoms with Crippen molar-refractivity contribution in [3.8, 4) is 0 Å². The quantitative estimate of drug-likeness (QED) is 0.696. The molecule has 0 N–H and O–H groups in total. The predicted molar refractivity (Wildman–Crippen MR) is 98.5 cm³/mol. The van der Waals surface area contributed by atoms with Crippen LogP contribution in [0, 0.1) is 20.8 Å². The van der Waals surface area contributed by atoms with Crippen molar-refractivity contribution in [1.82, 2.24) is 5.16 Å². The first kappa shape index (κ1) is 17.0. The van der Waals surface area contributed by atoms with Crippen molar-refractivity contribution in [2.24, 2.45) is 0 Å². The van der Waals surface area contributed by atoms with E-state index in [1.54, 1.807) is 0 Å². The first-order valence-electron chi connectivity index (χ1n) is 8.37. The van der Waals surface area contributed by atoms with Crippen LogP contribution in [-0.2, 0) is 17.8 Å². The number of carbonyl (C=O) groups excluding carboxylic acids is 1. The molecular formula is C21H22N2O2. The molecule has 0 spiro atoms. The van der Waals surface area contributed by atoms with Crippen LogP contribution in [0.4, 0.5) is 5.69 Å². The molecule has 128 valence electrons. The third-order valence-corrected chi connectivity index (χ3v) is 4.34. The first-order chi connectivity index (χ1) is 12.0. The maximum absolute atomic E-state index is 13.1. The second-order valence-corrected chi connectivity index (χ2v) is 6.28. The van der Waals surface area contributed by atoms with E-state index in [1.165, 1.54) is 5.56 Å². The van der Waals surface area contributed by atoms with Crippen LogP contribution in [0.3, 0.4) is 0 Å². The fraction of sp³-hybridized carbons (Fsp3) is 0.238. The summed E-state index contributed by atoms with van der Waals surface area (Å²) in [4.78, 5) is 14.9. The third kappa shape index (κ3) is 3.97. The maximum atomic E-state index is 13.1. The third-order valence-electron chi connectivity index (χ3n) is 4.34. The lowest BCUT2D eigenvalue weighted by Gasteiger charge is -2.23. The van der Waals surface area contributed by atoms with Gasteiger partial charge in [-0.15, -0.1) is 0 Å². The molecule has 0 saturated carbocycles. The van der Waals surface area contributed by atoms with Gasteiger partial charge in [-0.1, -0.05) is 53.2 Å². The number of anilines is 1. The molecule has 4 heteroatoms. The molecular weight excluding hydrogens is 312 g/mol. The highest BCUT2D eigenvalue weighted by Gasteiger charge is 2.20. The Hall–Kier alpha value is -2.88. The summed E-state index contributed by atoms with van der Waals surface area (Å²) < 4.78 is 5.19. The number of rotatable bonds is 5. The summed E-state index contributed by atoms with van der Waals surface area (Å²) in [5.41, 5.74) is 4.80. The molecule has 0 fully saturated rings. The molecule has 2 aromatic carbocycles. The fourth-order valence-electron chi connectivity index (χ4n) is 2.82. The van der Waals surface area contributed by atoms with Gasteiger partial charge < -0.3 is 9.42 Å². The lowest BCUT2D eigenvalue weighted by molar-refractivity contribution is -0.118. The number of nitrogens with zero attached hydrogens (tertiary/aromatic N) is 2. The average molecular weight is 334 g/mol. The Morgan fingerprint density at radius 2 is 1.68 bits per heavy atom. The van der Waals surface area contributed by atoms with Crippen LogP contribution in [0.15, 0.2) is 59.1 Å². The van der Waals surface area contributed by atoms with Crippen LogP contribution in [0.1, 0.15) is 28.1 Å². The van der Waals surface area contributed by atoms with Crippen molar-refractivity contribution < 1.29 is 9.32 Å². The van der Waals surface area contributed by atoms with E-state index < -0.39 is 0 Å². The molecule has 0 radical (unpaired) electrons. The second-order valence-electron chi connectivity index (χ2n) is 6.28. The minimum atomic E-state index is 0.0297. The summed E-state index contributed by atoms with van der Waals surface area (Å²) in [6.45, 7) is 6.28. The Morgan fingerprint density at radius 1 is 1.00 bits per heavy atom. The van der Waals surface area contributed by atoms with Crippen LogP contribution in [0.5, 0.6) is 0 Å². The molecule has 3 aromatic rings. The van der Waals surface area contributed by atoms with Gasteiger partial charge in [0.15, 0.2) is 0 Å². The van der Waals surface area contributed by atoms with Gasteiger partial charge >= 0.3 is 0 Å². The van der Waals surface area contributed by atoms with Crippen LogP contribution >= 0.6 is 0 Å². The Balaban J connectivity index is 1.89. The molecule has 0 bridgehead atoms. The van der Waals surface area contributed by atoms with E-state index in [0.29, 0.717) is 12.3 Å². The zero-order chi connectivity index (χ0) is 17.8. The summed E-state index contributed by atoms with van der Waals surface area (Å²) in [5.74, 6) is 0.733. The minimum Gasteiger partial charge on any atom is -0.361 e. The molecule has 25 heavy (non-hydrogen) atoms. The lowest BCUT2D eigenvalue weighted by atomic mass is 10.1. The van der Waals surface area contributed by atoms with Crippen molar-refractivity contribution in [2.75, 3.05) is 4.90 Å². The van der Waals surface area contributed by atoms with Gasteiger partial charge in [-0.05, 0) is 38.5 Å². The minimum absolute atomic E-state index is 0.0297. The number of carbonyl (C=O) groups is 1. The van der Waals surface area contributed by atoms with E-state index >= 15 is 0 Å². The summed E-state index contributed by atoms with van der Waals surface area (Å²) in [6.07, 6.45) is 0.280. The number of aryl methyl sites for hydroxylation is 3. The molecule has 0 aliphatic heterocycles. The van der Waals surface area contributed by atoms with Crippen molar-refractivity contribution in [3.05, 3.63) is 82.7 Å². The Morgan fingerprint density at radius 3 is 2.28 bits per heavy atom. The zero-order valence-electron chi connectivity index (χ0n) is 14.8. The topological polar surface area (TPSA) is 46.3 Å². The standard InChI is InChI=1S/C21H22N2O2/c1-15-9-11-19(12-10-15)23(14-18-7-5-4-6-8-18)21(24)13-20-16(2)22-25-17(20)3/h4-12H,13-14H2,1-3H3. The van der Waals surface area contributed by atoms with E-state index in [9.17, 15) is 4.79 Å². The van der Waals surface area contributed by atoms with Crippen LogP contribution in [0.25, 0.3) is 0 Å². The number of hydrogen-bond acceptors (Lipinski definition) is 3. The first-order valence-corrected chi connectivity index (χ1v) is 8.37. The second kappa shape index (κ2) is 7.34. The molecule has 0 aliphatic rings. The summed E-state index contributed by atoms with van der Waals surface area (Å²) in [5, 5.41) is 3.95. The molecule has 0 unspecified atom stereocenters. The normalized spacial score (nSPS) is 10.7. The smallest absolute Gasteiger partial charge is 0.231 e. The molecule has 1 heterocycles. The highest BCUT2D eigenvalue weighted by molar-refractivity contribution is 5.94. The highest BCUT2D eigenvalue weighted by Crippen LogP contribution is 2.21. The maximum Gasteiger partial charge on any atom is 0.231 e. The van der Waals surface area contributed by atoms with Gasteiger partial charge in [0.1, 0.15) is 5.76 Å². The van der Waals surface area contributed by atoms with Crippen LogP contribution in [-0.4, -0.2) is 11.1 Å². The van der Waals surface area contributed by atoms with Gasteiger partial charge in [0, 0.05) is 11.3 Å². The Kier molecular flexibility index (Phi) is 4.98. The zero-order valence-corrected chi connectivity index (χ0v) is 14.8. The molecule has 1 amide bonds. The van der Waals surface area contributed by atoms with E-state index in [0.717, 1.165) is 22.5 Å². The molecule has 0 atom stereocenters. The summed E-state index contributed by atoms with van der Waals surface area (Å²) in [7, 11) is 0. The van der Waals surface area contributed by atoms with Gasteiger partial charge in [-0.2, -0.15) is 0 Å². The molecule has 3 rings (SSSR count). The van der Waals surface area contributed by atoms with Gasteiger partial charge in [0.05, 0.1) is 18.7 Å². The summed E-state index contributed by atoms with van der Waals surface area (Å²) in [6, 6.07) is 18.0. The number of aromatic nitrogens is 1. The van der Waals surface area contributed by atoms with Crippen LogP contribution < -0.4 is 4.90 Å². The lowest BCUT2D eigenvalue weighted by Crippen LogP contribution is -2.32. The van der Waals surface area contributed by atoms with Crippen LogP contribution in [0.2, 0.25) is 0 Å². The van der Waals surface area contributed by atoms with Gasteiger partial charge in [-0.25, -0.2) is 0 Å². The molecule has 4 nitrogen and oxygen atoms in total. The largest absolute Gasteiger partial charge is 0.361 e. The fourth-order valence-corrected chi connectivity index (χ4v) is 2.82. The molecule has 1 aromatic heterocycles. The van der Waals surface area contributed by atoms with Crippen molar-refractivity contribution in [3.63, 3.8) is 0 Å². The average Bonchev–Trinajstić information content (AvgIpc) is 2.93. The summed E-state index contributed by atoms with van der Waals surface area (Å²) >= 11 is 0. The SMILES string of the molecule is Cc1ccc(N(Cc2ccccc2)C(=O)Cc2c(C)noc2C)cc1. The van der Waals surface area contributed by atoms with Crippen molar-refractivity contribution >= 4 is 11.6 Å². The number of hydrogen-bond donors (Lipinski definition) is 0. The number of benzene rings is 2. The van der Waals surface area contributed by atoms with Gasteiger partial charge in [0.2, 0.25) is 5.91 Å². The van der Waals surface area contributed by atoms with E-state index in [1.807, 2.05) is 80.3 Å². The molecule has 0 aliphatic carbocycles. The van der Waals surface area contributed by atoms with Gasteiger partial charge in [0.25, 0.3) is 0 Å².